The predicted molar refractivity (Wildman–Crippen MR) is 74.3 cm³/mol. The number of benzene rings is 1. The van der Waals surface area contributed by atoms with E-state index in [-0.39, 0.29) is 11.9 Å². The average Bonchev–Trinajstić information content (AvgIpc) is 2.85. The Labute approximate surface area is 117 Å². The van der Waals surface area contributed by atoms with E-state index in [9.17, 15) is 8.78 Å². The maximum atomic E-state index is 13.8. The third kappa shape index (κ3) is 3.63. The van der Waals surface area contributed by atoms with Crippen LogP contribution in [0, 0.1) is 11.6 Å². The Morgan fingerprint density at radius 3 is 2.75 bits per heavy atom. The van der Waals surface area contributed by atoms with Gasteiger partial charge in [-0.2, -0.15) is 5.10 Å². The zero-order valence-electron chi connectivity index (χ0n) is 11.7. The molecule has 2 rings (SSSR count). The fraction of sp³-hybridized carbons (Fsp3) is 0.400. The molecule has 1 heterocycles. The van der Waals surface area contributed by atoms with Crippen LogP contribution in [-0.2, 0) is 13.5 Å². The summed E-state index contributed by atoms with van der Waals surface area (Å²) < 4.78 is 28.7. The first kappa shape index (κ1) is 14.7. The Morgan fingerprint density at radius 2 is 2.10 bits per heavy atom. The minimum absolute atomic E-state index is 0.118. The van der Waals surface area contributed by atoms with Crippen LogP contribution in [0.3, 0.4) is 0 Å². The largest absolute Gasteiger partial charge is 0.308 e. The van der Waals surface area contributed by atoms with Gasteiger partial charge in [0.05, 0.1) is 11.7 Å². The lowest BCUT2D eigenvalue weighted by Gasteiger charge is -2.17. The number of hydrogen-bond acceptors (Lipinski definition) is 2. The molecule has 2 aromatic rings. The van der Waals surface area contributed by atoms with Crippen molar-refractivity contribution in [3.05, 3.63) is 53.4 Å². The maximum absolute atomic E-state index is 13.8. The fourth-order valence-corrected chi connectivity index (χ4v) is 2.14. The molecule has 0 aliphatic heterocycles. The van der Waals surface area contributed by atoms with Crippen molar-refractivity contribution < 1.29 is 8.78 Å². The highest BCUT2D eigenvalue weighted by atomic mass is 19.1. The number of nitrogens with one attached hydrogen (secondary N) is 1. The summed E-state index contributed by atoms with van der Waals surface area (Å²) in [6.45, 7) is 2.86. The molecule has 0 saturated heterocycles. The Balaban J connectivity index is 2.21. The molecule has 0 aliphatic carbocycles. The summed E-state index contributed by atoms with van der Waals surface area (Å²) in [6, 6.07) is 5.32. The molecule has 0 saturated carbocycles. The van der Waals surface area contributed by atoms with Crippen LogP contribution in [0.1, 0.15) is 30.6 Å². The highest BCUT2D eigenvalue weighted by Gasteiger charge is 2.16. The smallest absolute Gasteiger partial charge is 0.126 e. The lowest BCUT2D eigenvalue weighted by Crippen LogP contribution is -2.25. The van der Waals surface area contributed by atoms with Crippen molar-refractivity contribution in [1.82, 2.24) is 15.1 Å². The van der Waals surface area contributed by atoms with Gasteiger partial charge in [-0.3, -0.25) is 4.68 Å². The summed E-state index contributed by atoms with van der Waals surface area (Å²) in [5.74, 6) is -0.803. The summed E-state index contributed by atoms with van der Waals surface area (Å²) in [6.07, 6.45) is 3.19. The summed E-state index contributed by atoms with van der Waals surface area (Å²) >= 11 is 0. The minimum Gasteiger partial charge on any atom is -0.308 e. The molecule has 20 heavy (non-hydrogen) atoms. The molecule has 0 spiro atoms. The van der Waals surface area contributed by atoms with Gasteiger partial charge in [0.1, 0.15) is 11.6 Å². The van der Waals surface area contributed by atoms with Gasteiger partial charge in [0, 0.05) is 13.2 Å². The molecule has 1 unspecified atom stereocenters. The molecule has 1 atom stereocenters. The summed E-state index contributed by atoms with van der Waals surface area (Å²) in [5.41, 5.74) is 1.20. The van der Waals surface area contributed by atoms with E-state index >= 15 is 0 Å². The molecule has 0 radical (unpaired) electrons. The summed E-state index contributed by atoms with van der Waals surface area (Å²) in [4.78, 5) is 0. The summed E-state index contributed by atoms with van der Waals surface area (Å²) in [5, 5.41) is 7.68. The predicted octanol–water partition coefficient (Wildman–Crippen LogP) is 2.98. The molecule has 5 heteroatoms. The molecule has 0 amide bonds. The van der Waals surface area contributed by atoms with Gasteiger partial charge in [-0.1, -0.05) is 6.92 Å². The molecule has 0 fully saturated rings. The second kappa shape index (κ2) is 6.61. The Hall–Kier alpha value is -1.75. The van der Waals surface area contributed by atoms with Crippen LogP contribution in [0.4, 0.5) is 8.78 Å². The van der Waals surface area contributed by atoms with E-state index in [0.29, 0.717) is 12.0 Å². The van der Waals surface area contributed by atoms with Gasteiger partial charge in [0.25, 0.3) is 0 Å². The molecule has 0 bridgehead atoms. The van der Waals surface area contributed by atoms with Crippen molar-refractivity contribution in [3.63, 3.8) is 0 Å². The van der Waals surface area contributed by atoms with Gasteiger partial charge in [0.15, 0.2) is 0 Å². The highest BCUT2D eigenvalue weighted by Crippen LogP contribution is 2.20. The number of nitrogens with zero attached hydrogens (tertiary/aromatic N) is 2. The van der Waals surface area contributed by atoms with E-state index in [1.807, 2.05) is 19.3 Å². The van der Waals surface area contributed by atoms with Gasteiger partial charge < -0.3 is 5.32 Å². The van der Waals surface area contributed by atoms with Gasteiger partial charge in [0.2, 0.25) is 0 Å². The van der Waals surface area contributed by atoms with Crippen LogP contribution in [-0.4, -0.2) is 16.3 Å². The Morgan fingerprint density at radius 1 is 1.30 bits per heavy atom. The van der Waals surface area contributed by atoms with Gasteiger partial charge in [-0.05, 0) is 49.2 Å². The van der Waals surface area contributed by atoms with Crippen LogP contribution < -0.4 is 5.32 Å². The Bertz CT molecular complexity index is 566. The zero-order chi connectivity index (χ0) is 14.5. The van der Waals surface area contributed by atoms with Gasteiger partial charge >= 0.3 is 0 Å². The lowest BCUT2D eigenvalue weighted by atomic mass is 10.0. The first-order valence-electron chi connectivity index (χ1n) is 6.77. The monoisotopic (exact) mass is 279 g/mol. The Kier molecular flexibility index (Phi) is 4.84. The van der Waals surface area contributed by atoms with Gasteiger partial charge in [-0.25, -0.2) is 8.78 Å². The first-order chi connectivity index (χ1) is 9.60. The number of aryl methyl sites for hydroxylation is 1. The van der Waals surface area contributed by atoms with E-state index in [4.69, 9.17) is 0 Å². The molecule has 0 aliphatic rings. The fourth-order valence-electron chi connectivity index (χ4n) is 2.14. The first-order valence-corrected chi connectivity index (χ1v) is 6.77. The number of aromatic nitrogens is 2. The van der Waals surface area contributed by atoms with E-state index in [1.165, 1.54) is 12.1 Å². The molecular formula is C15H19F2N3. The van der Waals surface area contributed by atoms with Crippen molar-refractivity contribution in [2.24, 2.45) is 7.05 Å². The maximum Gasteiger partial charge on any atom is 0.126 e. The van der Waals surface area contributed by atoms with Crippen LogP contribution in [0.25, 0.3) is 0 Å². The lowest BCUT2D eigenvalue weighted by molar-refractivity contribution is 0.494. The van der Waals surface area contributed by atoms with Crippen molar-refractivity contribution in [2.45, 2.75) is 25.8 Å². The third-order valence-corrected chi connectivity index (χ3v) is 3.16. The van der Waals surface area contributed by atoms with E-state index in [0.717, 1.165) is 24.7 Å². The van der Waals surface area contributed by atoms with Crippen LogP contribution in [0.2, 0.25) is 0 Å². The molecule has 1 N–H and O–H groups in total. The second-order valence-corrected chi connectivity index (χ2v) is 4.86. The normalized spacial score (nSPS) is 12.6. The van der Waals surface area contributed by atoms with Crippen LogP contribution in [0.15, 0.2) is 30.5 Å². The number of halogens is 2. The van der Waals surface area contributed by atoms with Crippen molar-refractivity contribution in [3.8, 4) is 0 Å². The SMILES string of the molecule is CCCNC(Cc1cc(F)ccc1F)c1ccn(C)n1. The highest BCUT2D eigenvalue weighted by molar-refractivity contribution is 5.22. The molecule has 108 valence electrons. The van der Waals surface area contributed by atoms with Crippen LogP contribution >= 0.6 is 0 Å². The van der Waals surface area contributed by atoms with Crippen molar-refractivity contribution >= 4 is 0 Å². The topological polar surface area (TPSA) is 29.9 Å². The zero-order valence-corrected chi connectivity index (χ0v) is 11.7. The van der Waals surface area contributed by atoms with Crippen molar-refractivity contribution in [2.75, 3.05) is 6.54 Å². The molecule has 3 nitrogen and oxygen atoms in total. The quantitative estimate of drug-likeness (QED) is 0.881. The molecular weight excluding hydrogens is 260 g/mol. The number of hydrogen-bond donors (Lipinski definition) is 1. The van der Waals surface area contributed by atoms with E-state index in [1.54, 1.807) is 4.68 Å². The average molecular weight is 279 g/mol. The molecule has 1 aromatic heterocycles. The standard InChI is InChI=1S/C15H19F2N3/c1-3-7-18-15(14-6-8-20(2)19-14)10-11-9-12(16)4-5-13(11)17/h4-6,8-9,15,18H,3,7,10H2,1-2H3. The number of rotatable bonds is 6. The van der Waals surface area contributed by atoms with E-state index < -0.39 is 5.82 Å². The summed E-state index contributed by atoms with van der Waals surface area (Å²) in [7, 11) is 1.84. The third-order valence-electron chi connectivity index (χ3n) is 3.16. The second-order valence-electron chi connectivity index (χ2n) is 4.86. The van der Waals surface area contributed by atoms with Crippen LogP contribution in [0.5, 0.6) is 0 Å². The van der Waals surface area contributed by atoms with E-state index in [2.05, 4.69) is 17.3 Å². The van der Waals surface area contributed by atoms with Crippen molar-refractivity contribution in [1.29, 1.82) is 0 Å². The molecule has 1 aromatic carbocycles. The van der Waals surface area contributed by atoms with Gasteiger partial charge in [-0.15, -0.1) is 0 Å². The minimum atomic E-state index is -0.420.